The standard InChI is InChI=1S/C11H15NOS/c1-13-10(8-4-5-8)11-12-9(6-14-11)7-2-3-7/h6-8,10H,2-5H2,1H3. The topological polar surface area (TPSA) is 22.1 Å². The van der Waals surface area contributed by atoms with Crippen LogP contribution in [0.4, 0.5) is 0 Å². The van der Waals surface area contributed by atoms with Crippen LogP contribution in [-0.4, -0.2) is 12.1 Å². The molecule has 2 nitrogen and oxygen atoms in total. The number of thiazole rings is 1. The van der Waals surface area contributed by atoms with E-state index in [1.807, 2.05) is 0 Å². The molecule has 0 spiro atoms. The molecule has 1 heterocycles. The largest absolute Gasteiger partial charge is 0.374 e. The predicted octanol–water partition coefficient (Wildman–Crippen LogP) is 3.12. The Balaban J connectivity index is 1.79. The Kier molecular flexibility index (Phi) is 2.10. The normalized spacial score (nSPS) is 23.8. The summed E-state index contributed by atoms with van der Waals surface area (Å²) in [6.07, 6.45) is 5.59. The minimum Gasteiger partial charge on any atom is -0.374 e. The number of ether oxygens (including phenoxy) is 1. The molecule has 0 aromatic carbocycles. The summed E-state index contributed by atoms with van der Waals surface area (Å²) in [5.41, 5.74) is 1.31. The summed E-state index contributed by atoms with van der Waals surface area (Å²) in [5.74, 6) is 1.52. The molecule has 1 unspecified atom stereocenters. The Labute approximate surface area is 88.3 Å². The average molecular weight is 209 g/mol. The van der Waals surface area contributed by atoms with E-state index in [1.54, 1.807) is 18.4 Å². The number of hydrogen-bond acceptors (Lipinski definition) is 3. The van der Waals surface area contributed by atoms with E-state index in [-0.39, 0.29) is 6.10 Å². The highest BCUT2D eigenvalue weighted by Crippen LogP contribution is 2.46. The summed E-state index contributed by atoms with van der Waals surface area (Å²) in [7, 11) is 1.81. The van der Waals surface area contributed by atoms with Crippen LogP contribution in [0, 0.1) is 5.92 Å². The molecule has 3 rings (SSSR count). The molecular weight excluding hydrogens is 194 g/mol. The lowest BCUT2D eigenvalue weighted by atomic mass is 10.2. The van der Waals surface area contributed by atoms with Gasteiger partial charge in [-0.1, -0.05) is 0 Å². The van der Waals surface area contributed by atoms with Crippen molar-refractivity contribution in [2.24, 2.45) is 5.92 Å². The van der Waals surface area contributed by atoms with Gasteiger partial charge in [-0.25, -0.2) is 4.98 Å². The van der Waals surface area contributed by atoms with E-state index in [9.17, 15) is 0 Å². The van der Waals surface area contributed by atoms with Gasteiger partial charge in [-0.2, -0.15) is 0 Å². The fraction of sp³-hybridized carbons (Fsp3) is 0.727. The first kappa shape index (κ1) is 8.86. The first-order valence-corrected chi connectivity index (χ1v) is 6.24. The number of aromatic nitrogens is 1. The lowest BCUT2D eigenvalue weighted by Crippen LogP contribution is -2.03. The molecule has 0 radical (unpaired) electrons. The van der Waals surface area contributed by atoms with Crippen molar-refractivity contribution < 1.29 is 4.74 Å². The summed E-state index contributed by atoms with van der Waals surface area (Å²) < 4.78 is 5.52. The second-order valence-corrected chi connectivity index (χ2v) is 5.27. The molecule has 0 aliphatic heterocycles. The average Bonchev–Trinajstić information content (AvgIpc) is 3.08. The molecule has 1 atom stereocenters. The highest BCUT2D eigenvalue weighted by Gasteiger charge is 2.35. The van der Waals surface area contributed by atoms with Crippen LogP contribution < -0.4 is 0 Å². The van der Waals surface area contributed by atoms with Crippen molar-refractivity contribution in [1.29, 1.82) is 0 Å². The second-order valence-electron chi connectivity index (χ2n) is 4.38. The number of nitrogens with zero attached hydrogens (tertiary/aromatic N) is 1. The van der Waals surface area contributed by atoms with E-state index in [4.69, 9.17) is 9.72 Å². The van der Waals surface area contributed by atoms with Gasteiger partial charge >= 0.3 is 0 Å². The lowest BCUT2D eigenvalue weighted by Gasteiger charge is -2.10. The Hall–Kier alpha value is -0.410. The smallest absolute Gasteiger partial charge is 0.122 e. The number of methoxy groups -OCH3 is 1. The van der Waals surface area contributed by atoms with Crippen molar-refractivity contribution >= 4 is 11.3 Å². The molecule has 14 heavy (non-hydrogen) atoms. The zero-order valence-electron chi connectivity index (χ0n) is 8.40. The predicted molar refractivity (Wildman–Crippen MR) is 56.6 cm³/mol. The molecule has 3 heteroatoms. The summed E-state index contributed by atoms with van der Waals surface area (Å²) in [6, 6.07) is 0. The van der Waals surface area contributed by atoms with E-state index in [0.29, 0.717) is 0 Å². The van der Waals surface area contributed by atoms with Gasteiger partial charge in [0.25, 0.3) is 0 Å². The molecular formula is C11H15NOS. The van der Waals surface area contributed by atoms with Gasteiger partial charge < -0.3 is 4.74 Å². The minimum absolute atomic E-state index is 0.285. The number of rotatable bonds is 4. The molecule has 1 aromatic heterocycles. The Morgan fingerprint density at radius 1 is 1.43 bits per heavy atom. The highest BCUT2D eigenvalue weighted by molar-refractivity contribution is 7.09. The van der Waals surface area contributed by atoms with Crippen LogP contribution in [0.2, 0.25) is 0 Å². The molecule has 2 aliphatic carbocycles. The van der Waals surface area contributed by atoms with Gasteiger partial charge in [-0.15, -0.1) is 11.3 Å². The van der Waals surface area contributed by atoms with Crippen molar-refractivity contribution in [2.45, 2.75) is 37.7 Å². The Bertz CT molecular complexity index is 328. The summed E-state index contributed by atoms with van der Waals surface area (Å²) in [4.78, 5) is 4.70. The quantitative estimate of drug-likeness (QED) is 0.760. The third kappa shape index (κ3) is 1.59. The van der Waals surface area contributed by atoms with Crippen LogP contribution in [0.25, 0.3) is 0 Å². The van der Waals surface area contributed by atoms with Gasteiger partial charge in [0, 0.05) is 18.4 Å². The fourth-order valence-electron chi connectivity index (χ4n) is 1.89. The van der Waals surface area contributed by atoms with Crippen LogP contribution >= 0.6 is 11.3 Å². The molecule has 2 fully saturated rings. The van der Waals surface area contributed by atoms with E-state index in [2.05, 4.69) is 5.38 Å². The van der Waals surface area contributed by atoms with Gasteiger partial charge in [-0.3, -0.25) is 0 Å². The van der Waals surface area contributed by atoms with Crippen LogP contribution in [0.1, 0.15) is 48.4 Å². The highest BCUT2D eigenvalue weighted by atomic mass is 32.1. The van der Waals surface area contributed by atoms with Crippen LogP contribution in [0.15, 0.2) is 5.38 Å². The zero-order chi connectivity index (χ0) is 9.54. The third-order valence-corrected chi connectivity index (χ3v) is 4.01. The molecule has 2 aliphatic rings. The van der Waals surface area contributed by atoms with Gasteiger partial charge in [0.15, 0.2) is 0 Å². The molecule has 0 N–H and O–H groups in total. The van der Waals surface area contributed by atoms with Crippen LogP contribution in [0.5, 0.6) is 0 Å². The van der Waals surface area contributed by atoms with Crippen molar-refractivity contribution in [3.63, 3.8) is 0 Å². The fourth-order valence-corrected chi connectivity index (χ4v) is 2.96. The van der Waals surface area contributed by atoms with E-state index >= 15 is 0 Å². The van der Waals surface area contributed by atoms with E-state index in [1.165, 1.54) is 36.4 Å². The Morgan fingerprint density at radius 3 is 2.79 bits per heavy atom. The first-order valence-electron chi connectivity index (χ1n) is 5.36. The van der Waals surface area contributed by atoms with E-state index in [0.717, 1.165) is 11.8 Å². The summed E-state index contributed by atoms with van der Waals surface area (Å²) in [6.45, 7) is 0. The van der Waals surface area contributed by atoms with Crippen molar-refractivity contribution in [3.05, 3.63) is 16.1 Å². The van der Waals surface area contributed by atoms with Gasteiger partial charge in [0.2, 0.25) is 0 Å². The van der Waals surface area contributed by atoms with Gasteiger partial charge in [0.05, 0.1) is 5.69 Å². The molecule has 0 bridgehead atoms. The van der Waals surface area contributed by atoms with Crippen molar-refractivity contribution in [1.82, 2.24) is 4.98 Å². The summed E-state index contributed by atoms with van der Waals surface area (Å²) >= 11 is 1.78. The molecule has 0 amide bonds. The van der Waals surface area contributed by atoms with Crippen LogP contribution in [-0.2, 0) is 4.74 Å². The van der Waals surface area contributed by atoms with Gasteiger partial charge in [0.1, 0.15) is 11.1 Å². The maximum Gasteiger partial charge on any atom is 0.122 e. The van der Waals surface area contributed by atoms with Gasteiger partial charge in [-0.05, 0) is 31.6 Å². The first-order chi connectivity index (χ1) is 6.88. The second kappa shape index (κ2) is 3.31. The van der Waals surface area contributed by atoms with Crippen molar-refractivity contribution in [3.8, 4) is 0 Å². The van der Waals surface area contributed by atoms with E-state index < -0.39 is 0 Å². The molecule has 2 saturated carbocycles. The zero-order valence-corrected chi connectivity index (χ0v) is 9.22. The maximum absolute atomic E-state index is 5.52. The number of hydrogen-bond donors (Lipinski definition) is 0. The molecule has 1 aromatic rings. The third-order valence-electron chi connectivity index (χ3n) is 3.08. The lowest BCUT2D eigenvalue weighted by molar-refractivity contribution is 0.0842. The van der Waals surface area contributed by atoms with Crippen molar-refractivity contribution in [2.75, 3.05) is 7.11 Å². The molecule has 76 valence electrons. The Morgan fingerprint density at radius 2 is 2.21 bits per heavy atom. The monoisotopic (exact) mass is 209 g/mol. The molecule has 0 saturated heterocycles. The minimum atomic E-state index is 0.285. The SMILES string of the molecule is COC(c1nc(C2CC2)cs1)C1CC1. The summed E-state index contributed by atoms with van der Waals surface area (Å²) in [5, 5.41) is 3.43. The maximum atomic E-state index is 5.52. The van der Waals surface area contributed by atoms with Crippen LogP contribution in [0.3, 0.4) is 0 Å².